The van der Waals surface area contributed by atoms with Gasteiger partial charge in [0.2, 0.25) is 5.91 Å². The summed E-state index contributed by atoms with van der Waals surface area (Å²) >= 11 is 13.5. The van der Waals surface area contributed by atoms with Crippen molar-refractivity contribution in [1.82, 2.24) is 19.4 Å². The van der Waals surface area contributed by atoms with Crippen LogP contribution in [0.2, 0.25) is 10.0 Å². The number of anilines is 1. The second-order valence-corrected chi connectivity index (χ2v) is 8.53. The Morgan fingerprint density at radius 3 is 2.59 bits per heavy atom. The highest BCUT2D eigenvalue weighted by Gasteiger charge is 2.13. The molecule has 11 heteroatoms. The van der Waals surface area contributed by atoms with Crippen molar-refractivity contribution in [2.75, 3.05) is 12.4 Å². The minimum atomic E-state index is -0.503. The molecule has 164 valence electrons. The first-order valence-corrected chi connectivity index (χ1v) is 11.1. The molecule has 0 aliphatic carbocycles. The topological polar surface area (TPSA) is 90.5 Å². The Balaban J connectivity index is 1.45. The Hall–Kier alpha value is -3.01. The van der Waals surface area contributed by atoms with Crippen molar-refractivity contribution in [2.24, 2.45) is 0 Å². The van der Waals surface area contributed by atoms with Gasteiger partial charge in [-0.1, -0.05) is 47.1 Å². The van der Waals surface area contributed by atoms with Gasteiger partial charge in [-0.2, -0.15) is 9.61 Å². The summed E-state index contributed by atoms with van der Waals surface area (Å²) in [5.74, 6) is 0.747. The Kier molecular flexibility index (Phi) is 6.69. The zero-order valence-electron chi connectivity index (χ0n) is 16.8. The van der Waals surface area contributed by atoms with Gasteiger partial charge in [0, 0.05) is 16.5 Å². The number of hydrogen-bond donors (Lipinski definition) is 1. The summed E-state index contributed by atoms with van der Waals surface area (Å²) in [6.45, 7) is -0.265. The van der Waals surface area contributed by atoms with Gasteiger partial charge in [-0.3, -0.25) is 4.79 Å². The monoisotopic (exact) mass is 489 g/mol. The molecule has 1 N–H and O–H groups in total. The third-order valence-corrected chi connectivity index (χ3v) is 5.98. The average Bonchev–Trinajstić information content (AvgIpc) is 3.08. The van der Waals surface area contributed by atoms with Crippen molar-refractivity contribution in [2.45, 2.75) is 17.3 Å². The molecule has 0 unspecified atom stereocenters. The number of nitrogens with one attached hydrogen (secondary N) is 1. The lowest BCUT2D eigenvalue weighted by Gasteiger charge is -2.07. The molecule has 0 aliphatic rings. The molecule has 32 heavy (non-hydrogen) atoms. The molecule has 0 saturated carbocycles. The molecule has 0 fully saturated rings. The molecule has 1 amide bonds. The highest BCUT2D eigenvalue weighted by Crippen LogP contribution is 2.27. The summed E-state index contributed by atoms with van der Waals surface area (Å²) in [6.07, 6.45) is 0. The van der Waals surface area contributed by atoms with E-state index in [0.29, 0.717) is 37.9 Å². The highest BCUT2D eigenvalue weighted by molar-refractivity contribution is 7.98. The molecular formula is C21H17Cl2N5O3S. The van der Waals surface area contributed by atoms with Crippen LogP contribution in [-0.4, -0.2) is 32.4 Å². The number of aromatic nitrogens is 4. The summed E-state index contributed by atoms with van der Waals surface area (Å²) in [5, 5.41) is 12.9. The quantitative estimate of drug-likeness (QED) is 0.392. The van der Waals surface area contributed by atoms with Gasteiger partial charge in [-0.05, 0) is 48.0 Å². The number of methoxy groups -OCH3 is 1. The summed E-state index contributed by atoms with van der Waals surface area (Å²) < 4.78 is 7.34. The molecule has 4 rings (SSSR count). The van der Waals surface area contributed by atoms with Gasteiger partial charge in [0.05, 0.1) is 12.1 Å². The number of rotatable bonds is 7. The van der Waals surface area contributed by atoms with E-state index in [1.807, 2.05) is 24.3 Å². The van der Waals surface area contributed by atoms with Crippen molar-refractivity contribution < 1.29 is 9.53 Å². The largest absolute Gasteiger partial charge is 0.495 e. The van der Waals surface area contributed by atoms with Crippen molar-refractivity contribution in [3.8, 4) is 5.75 Å². The van der Waals surface area contributed by atoms with E-state index < -0.39 is 11.6 Å². The van der Waals surface area contributed by atoms with Crippen LogP contribution in [0.25, 0.3) is 5.65 Å². The normalized spacial score (nSPS) is 11.0. The van der Waals surface area contributed by atoms with Crippen LogP contribution in [-0.2, 0) is 17.1 Å². The average molecular weight is 490 g/mol. The molecule has 2 aromatic heterocycles. The first kappa shape index (κ1) is 22.2. The molecular weight excluding hydrogens is 473 g/mol. The number of thioether (sulfide) groups is 1. The van der Waals surface area contributed by atoms with Crippen LogP contribution in [0.5, 0.6) is 5.75 Å². The number of hydrogen-bond acceptors (Lipinski definition) is 6. The molecule has 2 aromatic carbocycles. The predicted octanol–water partition coefficient (Wildman–Crippen LogP) is 4.14. The van der Waals surface area contributed by atoms with E-state index in [-0.39, 0.29) is 6.54 Å². The van der Waals surface area contributed by atoms with E-state index >= 15 is 0 Å². The molecule has 0 spiro atoms. The fourth-order valence-corrected chi connectivity index (χ4v) is 4.08. The van der Waals surface area contributed by atoms with E-state index in [9.17, 15) is 9.59 Å². The number of ether oxygens (including phenoxy) is 1. The van der Waals surface area contributed by atoms with E-state index in [4.69, 9.17) is 27.9 Å². The fraction of sp³-hybridized carbons (Fsp3) is 0.143. The Bertz CT molecular complexity index is 1340. The molecule has 0 saturated heterocycles. The van der Waals surface area contributed by atoms with Crippen LogP contribution in [0.15, 0.2) is 64.4 Å². The smallest absolute Gasteiger partial charge is 0.367 e. The van der Waals surface area contributed by atoms with E-state index in [2.05, 4.69) is 15.5 Å². The third-order valence-electron chi connectivity index (χ3n) is 4.44. The Morgan fingerprint density at radius 1 is 1.09 bits per heavy atom. The maximum Gasteiger partial charge on any atom is 0.367 e. The summed E-state index contributed by atoms with van der Waals surface area (Å²) in [4.78, 5) is 25.1. The van der Waals surface area contributed by atoms with Crippen LogP contribution < -0.4 is 15.7 Å². The van der Waals surface area contributed by atoms with E-state index in [1.165, 1.54) is 23.4 Å². The van der Waals surface area contributed by atoms with E-state index in [1.54, 1.807) is 30.3 Å². The lowest BCUT2D eigenvalue weighted by molar-refractivity contribution is -0.117. The Labute approximate surface area is 197 Å². The molecule has 0 bridgehead atoms. The van der Waals surface area contributed by atoms with Gasteiger partial charge < -0.3 is 10.1 Å². The van der Waals surface area contributed by atoms with Gasteiger partial charge in [0.15, 0.2) is 5.65 Å². The number of amides is 1. The zero-order valence-corrected chi connectivity index (χ0v) is 19.1. The molecule has 2 heterocycles. The molecule has 0 radical (unpaired) electrons. The lowest BCUT2D eigenvalue weighted by atomic mass is 10.2. The van der Waals surface area contributed by atoms with Crippen LogP contribution >= 0.6 is 35.0 Å². The van der Waals surface area contributed by atoms with Crippen molar-refractivity contribution in [3.63, 3.8) is 0 Å². The Morgan fingerprint density at radius 2 is 1.88 bits per heavy atom. The molecule has 8 nitrogen and oxygen atoms in total. The summed E-state index contributed by atoms with van der Waals surface area (Å²) in [6, 6.07) is 15.9. The van der Waals surface area contributed by atoms with Crippen molar-refractivity contribution in [1.29, 1.82) is 0 Å². The van der Waals surface area contributed by atoms with Crippen molar-refractivity contribution >= 4 is 52.2 Å². The SMILES string of the molecule is COc1ccc(NC(=O)Cn2nc3ccc(SCc4ccc(Cl)cc4)nn3c2=O)cc1Cl. The van der Waals surface area contributed by atoms with Gasteiger partial charge in [0.25, 0.3) is 0 Å². The number of carbonyl (C=O) groups excluding carboxylic acids is 1. The van der Waals surface area contributed by atoms with Gasteiger partial charge in [0.1, 0.15) is 17.3 Å². The van der Waals surface area contributed by atoms with Gasteiger partial charge in [-0.25, -0.2) is 9.48 Å². The molecule has 0 atom stereocenters. The maximum atomic E-state index is 12.7. The summed E-state index contributed by atoms with van der Waals surface area (Å²) in [7, 11) is 1.50. The minimum absolute atomic E-state index is 0.265. The number of benzene rings is 2. The van der Waals surface area contributed by atoms with Crippen LogP contribution in [0.4, 0.5) is 5.69 Å². The second-order valence-electron chi connectivity index (χ2n) is 6.69. The summed E-state index contributed by atoms with van der Waals surface area (Å²) in [5.41, 5.74) is 1.42. The standard InChI is InChI=1S/C21H17Cl2N5O3S/c1-31-17-7-6-15(10-16(17)23)24-19(29)11-27-21(30)28-18(25-27)8-9-20(26-28)32-12-13-2-4-14(22)5-3-13/h2-10H,11-12H2,1H3,(H,24,29). The van der Waals surface area contributed by atoms with Gasteiger partial charge in [-0.15, -0.1) is 5.10 Å². The lowest BCUT2D eigenvalue weighted by Crippen LogP contribution is -2.28. The van der Waals surface area contributed by atoms with Crippen LogP contribution in [0.1, 0.15) is 5.56 Å². The van der Waals surface area contributed by atoms with Crippen LogP contribution in [0.3, 0.4) is 0 Å². The first-order chi connectivity index (χ1) is 15.4. The maximum absolute atomic E-state index is 12.7. The zero-order chi connectivity index (χ0) is 22.7. The minimum Gasteiger partial charge on any atom is -0.495 e. The van der Waals surface area contributed by atoms with Gasteiger partial charge >= 0.3 is 5.69 Å². The highest BCUT2D eigenvalue weighted by atomic mass is 35.5. The molecule has 0 aliphatic heterocycles. The first-order valence-electron chi connectivity index (χ1n) is 9.40. The fourth-order valence-electron chi connectivity index (χ4n) is 2.89. The second kappa shape index (κ2) is 9.64. The number of halogens is 2. The number of fused-ring (bicyclic) bond motifs is 1. The van der Waals surface area contributed by atoms with Crippen LogP contribution in [0, 0.1) is 0 Å². The van der Waals surface area contributed by atoms with E-state index in [0.717, 1.165) is 10.2 Å². The predicted molar refractivity (Wildman–Crippen MR) is 125 cm³/mol. The van der Waals surface area contributed by atoms with Crippen molar-refractivity contribution in [3.05, 3.63) is 80.7 Å². The third kappa shape index (κ3) is 5.07. The number of nitrogens with zero attached hydrogens (tertiary/aromatic N) is 4. The number of carbonyl (C=O) groups is 1. The molecule has 4 aromatic rings.